The molecule has 3 rings (SSSR count). The van der Waals surface area contributed by atoms with Crippen molar-refractivity contribution in [2.45, 2.75) is 18.9 Å². The predicted molar refractivity (Wildman–Crippen MR) is 81.1 cm³/mol. The van der Waals surface area contributed by atoms with E-state index in [1.54, 1.807) is 14.2 Å². The van der Waals surface area contributed by atoms with Gasteiger partial charge in [-0.05, 0) is 25.3 Å². The average Bonchev–Trinajstić information content (AvgIpc) is 2.85. The molecule has 0 aromatic heterocycles. The monoisotopic (exact) mass is 296 g/mol. The first-order chi connectivity index (χ1) is 9.71. The Morgan fingerprint density at radius 3 is 2.65 bits per heavy atom. The third-order valence-electron chi connectivity index (χ3n) is 4.45. The van der Waals surface area contributed by atoms with Gasteiger partial charge in [0.05, 0.1) is 24.9 Å². The quantitative estimate of drug-likeness (QED) is 0.926. The van der Waals surface area contributed by atoms with E-state index < -0.39 is 0 Å². The molecule has 0 amide bonds. The zero-order valence-electron chi connectivity index (χ0n) is 12.0. The van der Waals surface area contributed by atoms with Gasteiger partial charge in [-0.15, -0.1) is 0 Å². The highest BCUT2D eigenvalue weighted by Gasteiger charge is 2.34. The molecule has 0 aliphatic carbocycles. The summed E-state index contributed by atoms with van der Waals surface area (Å²) in [6.07, 6.45) is 2.46. The molecule has 3 unspecified atom stereocenters. The van der Waals surface area contributed by atoms with Gasteiger partial charge < -0.3 is 19.7 Å². The normalized spacial score (nSPS) is 28.2. The highest BCUT2D eigenvalue weighted by Crippen LogP contribution is 2.38. The molecule has 0 saturated carbocycles. The number of nitrogens with one attached hydrogen (secondary N) is 1. The molecule has 2 saturated heterocycles. The molecule has 110 valence electrons. The van der Waals surface area contributed by atoms with E-state index in [0.29, 0.717) is 16.8 Å². The van der Waals surface area contributed by atoms with Crippen molar-refractivity contribution in [2.24, 2.45) is 5.92 Å². The number of halogens is 1. The van der Waals surface area contributed by atoms with Crippen LogP contribution in [-0.4, -0.2) is 44.8 Å². The van der Waals surface area contributed by atoms with Gasteiger partial charge in [-0.25, -0.2) is 0 Å². The molecule has 2 fully saturated rings. The number of ether oxygens (including phenoxy) is 2. The number of nitrogens with zero attached hydrogens (tertiary/aromatic N) is 1. The van der Waals surface area contributed by atoms with Crippen LogP contribution in [0, 0.1) is 5.92 Å². The summed E-state index contributed by atoms with van der Waals surface area (Å²) in [5, 5.41) is 4.21. The van der Waals surface area contributed by atoms with E-state index in [1.165, 1.54) is 32.5 Å². The van der Waals surface area contributed by atoms with E-state index >= 15 is 0 Å². The SMILES string of the molecule is COc1cc(NC2CCN3CCC2C3)c(OC)cc1Cl. The van der Waals surface area contributed by atoms with Crippen LogP contribution >= 0.6 is 11.6 Å². The second-order valence-electron chi connectivity index (χ2n) is 5.58. The molecular weight excluding hydrogens is 276 g/mol. The summed E-state index contributed by atoms with van der Waals surface area (Å²) in [6.45, 7) is 3.63. The van der Waals surface area contributed by atoms with Crippen LogP contribution in [-0.2, 0) is 0 Å². The lowest BCUT2D eigenvalue weighted by atomic mass is 9.94. The second kappa shape index (κ2) is 5.70. The van der Waals surface area contributed by atoms with Crippen LogP contribution in [0.15, 0.2) is 12.1 Å². The van der Waals surface area contributed by atoms with Crippen LogP contribution in [0.5, 0.6) is 11.5 Å². The van der Waals surface area contributed by atoms with E-state index in [9.17, 15) is 0 Å². The Morgan fingerprint density at radius 2 is 1.90 bits per heavy atom. The van der Waals surface area contributed by atoms with Crippen LogP contribution in [0.2, 0.25) is 5.02 Å². The topological polar surface area (TPSA) is 33.7 Å². The molecular formula is C15H21ClN2O2. The van der Waals surface area contributed by atoms with Crippen molar-refractivity contribution in [1.29, 1.82) is 0 Å². The molecule has 2 bridgehead atoms. The fourth-order valence-corrected chi connectivity index (χ4v) is 3.55. The Balaban J connectivity index is 1.82. The number of rotatable bonds is 4. The van der Waals surface area contributed by atoms with Gasteiger partial charge in [-0.1, -0.05) is 11.6 Å². The summed E-state index contributed by atoms with van der Waals surface area (Å²) >= 11 is 6.15. The lowest BCUT2D eigenvalue weighted by Crippen LogP contribution is -2.39. The second-order valence-corrected chi connectivity index (χ2v) is 5.98. The maximum absolute atomic E-state index is 6.15. The third kappa shape index (κ3) is 2.54. The van der Waals surface area contributed by atoms with E-state index in [4.69, 9.17) is 21.1 Å². The van der Waals surface area contributed by atoms with Crippen molar-refractivity contribution < 1.29 is 9.47 Å². The van der Waals surface area contributed by atoms with Gasteiger partial charge in [-0.2, -0.15) is 0 Å². The molecule has 1 aromatic rings. The lowest BCUT2D eigenvalue weighted by Gasteiger charge is -2.32. The molecule has 1 aromatic carbocycles. The predicted octanol–water partition coefficient (Wildman–Crippen LogP) is 2.86. The largest absolute Gasteiger partial charge is 0.495 e. The Hall–Kier alpha value is -1.13. The van der Waals surface area contributed by atoms with Gasteiger partial charge in [-0.3, -0.25) is 0 Å². The minimum atomic E-state index is 0.508. The number of fused-ring (bicyclic) bond motifs is 2. The lowest BCUT2D eigenvalue weighted by molar-refractivity contribution is 0.254. The van der Waals surface area contributed by atoms with Gasteiger partial charge in [0.2, 0.25) is 0 Å². The van der Waals surface area contributed by atoms with Crippen molar-refractivity contribution in [3.05, 3.63) is 17.2 Å². The molecule has 3 atom stereocenters. The smallest absolute Gasteiger partial charge is 0.143 e. The fourth-order valence-electron chi connectivity index (χ4n) is 3.31. The average molecular weight is 297 g/mol. The summed E-state index contributed by atoms with van der Waals surface area (Å²) in [5.74, 6) is 2.19. The molecule has 2 aliphatic heterocycles. The first-order valence-electron chi connectivity index (χ1n) is 7.11. The molecule has 5 heteroatoms. The van der Waals surface area contributed by atoms with Crippen molar-refractivity contribution in [3.8, 4) is 11.5 Å². The van der Waals surface area contributed by atoms with Gasteiger partial charge in [0.1, 0.15) is 11.5 Å². The summed E-state index contributed by atoms with van der Waals surface area (Å²) in [5.41, 5.74) is 0.971. The minimum Gasteiger partial charge on any atom is -0.495 e. The van der Waals surface area contributed by atoms with Crippen LogP contribution < -0.4 is 14.8 Å². The first-order valence-corrected chi connectivity index (χ1v) is 7.49. The third-order valence-corrected chi connectivity index (χ3v) is 4.74. The zero-order valence-corrected chi connectivity index (χ0v) is 12.7. The van der Waals surface area contributed by atoms with Gasteiger partial charge >= 0.3 is 0 Å². The summed E-state index contributed by atoms with van der Waals surface area (Å²) in [7, 11) is 3.30. The van der Waals surface area contributed by atoms with Crippen LogP contribution in [0.3, 0.4) is 0 Å². The van der Waals surface area contributed by atoms with E-state index in [0.717, 1.165) is 17.4 Å². The zero-order chi connectivity index (χ0) is 14.1. The van der Waals surface area contributed by atoms with Crippen LogP contribution in [0.25, 0.3) is 0 Å². The number of hydrogen-bond acceptors (Lipinski definition) is 4. The van der Waals surface area contributed by atoms with Crippen LogP contribution in [0.1, 0.15) is 12.8 Å². The minimum absolute atomic E-state index is 0.508. The number of hydrogen-bond donors (Lipinski definition) is 1. The number of piperidine rings is 1. The Bertz CT molecular complexity index is 495. The Kier molecular flexibility index (Phi) is 3.94. The van der Waals surface area contributed by atoms with Crippen LogP contribution in [0.4, 0.5) is 5.69 Å². The van der Waals surface area contributed by atoms with E-state index in [1.807, 2.05) is 12.1 Å². The number of anilines is 1. The van der Waals surface area contributed by atoms with Gasteiger partial charge in [0.25, 0.3) is 0 Å². The van der Waals surface area contributed by atoms with Gasteiger partial charge in [0, 0.05) is 31.3 Å². The molecule has 0 radical (unpaired) electrons. The summed E-state index contributed by atoms with van der Waals surface area (Å²) < 4.78 is 10.7. The summed E-state index contributed by atoms with van der Waals surface area (Å²) in [4.78, 5) is 2.54. The summed E-state index contributed by atoms with van der Waals surface area (Å²) in [6, 6.07) is 4.25. The molecule has 2 heterocycles. The van der Waals surface area contributed by atoms with Crippen molar-refractivity contribution in [3.63, 3.8) is 0 Å². The molecule has 0 spiro atoms. The molecule has 2 aliphatic rings. The fraction of sp³-hybridized carbons (Fsp3) is 0.600. The van der Waals surface area contributed by atoms with Gasteiger partial charge in [0.15, 0.2) is 0 Å². The molecule has 20 heavy (non-hydrogen) atoms. The highest BCUT2D eigenvalue weighted by molar-refractivity contribution is 6.32. The maximum Gasteiger partial charge on any atom is 0.143 e. The van der Waals surface area contributed by atoms with E-state index in [-0.39, 0.29) is 0 Å². The standard InChI is InChI=1S/C15H21ClN2O2/c1-19-14-8-13(15(20-2)7-11(14)16)17-12-4-6-18-5-3-10(12)9-18/h7-8,10,12,17H,3-6,9H2,1-2H3. The highest BCUT2D eigenvalue weighted by atomic mass is 35.5. The molecule has 1 N–H and O–H groups in total. The number of benzene rings is 1. The van der Waals surface area contributed by atoms with E-state index in [2.05, 4.69) is 10.2 Å². The van der Waals surface area contributed by atoms with Crippen molar-refractivity contribution in [1.82, 2.24) is 4.90 Å². The maximum atomic E-state index is 6.15. The molecule has 4 nitrogen and oxygen atoms in total. The first kappa shape index (κ1) is 13.8. The number of methoxy groups -OCH3 is 2. The Morgan fingerprint density at radius 1 is 1.15 bits per heavy atom. The van der Waals surface area contributed by atoms with Crippen molar-refractivity contribution in [2.75, 3.05) is 39.2 Å². The van der Waals surface area contributed by atoms with Crippen molar-refractivity contribution >= 4 is 17.3 Å². The Labute approximate surface area is 125 Å².